The first-order valence-electron chi connectivity index (χ1n) is 6.19. The van der Waals surface area contributed by atoms with Crippen molar-refractivity contribution in [3.63, 3.8) is 0 Å². The second-order valence-corrected chi connectivity index (χ2v) is 5.71. The van der Waals surface area contributed by atoms with E-state index < -0.39 is 0 Å². The number of carbonyl (C=O) groups is 1. The largest absolute Gasteiger partial charge is 0.378 e. The summed E-state index contributed by atoms with van der Waals surface area (Å²) in [5.74, 6) is 0.202. The number of rotatable bonds is 3. The van der Waals surface area contributed by atoms with Gasteiger partial charge in [-0.05, 0) is 31.0 Å². The molecule has 3 nitrogen and oxygen atoms in total. The Kier molecular flexibility index (Phi) is 4.40. The number of hydrogen-bond donors (Lipinski definition) is 0. The molecule has 1 saturated heterocycles. The number of nitrogens with zero attached hydrogens (tertiary/aromatic N) is 1. The monoisotopic (exact) mass is 311 g/mol. The topological polar surface area (TPSA) is 29.5 Å². The van der Waals surface area contributed by atoms with Crippen LogP contribution < -0.4 is 0 Å². The van der Waals surface area contributed by atoms with E-state index in [1.165, 1.54) is 0 Å². The normalized spacial score (nSPS) is 23.1. The maximum absolute atomic E-state index is 12.3. The lowest BCUT2D eigenvalue weighted by Gasteiger charge is -2.22. The van der Waals surface area contributed by atoms with E-state index in [1.54, 1.807) is 4.90 Å². The van der Waals surface area contributed by atoms with E-state index in [0.29, 0.717) is 13.2 Å². The first-order valence-corrected chi connectivity index (χ1v) is 6.98. The van der Waals surface area contributed by atoms with E-state index in [4.69, 9.17) is 4.74 Å². The van der Waals surface area contributed by atoms with Crippen molar-refractivity contribution in [2.45, 2.75) is 26.0 Å². The van der Waals surface area contributed by atoms with Crippen LogP contribution in [0.25, 0.3) is 0 Å². The van der Waals surface area contributed by atoms with Gasteiger partial charge in [-0.25, -0.2) is 0 Å². The highest BCUT2D eigenvalue weighted by Gasteiger charge is 2.32. The van der Waals surface area contributed by atoms with Crippen molar-refractivity contribution in [3.8, 4) is 0 Å². The highest BCUT2D eigenvalue weighted by atomic mass is 79.9. The minimum absolute atomic E-state index is 0.0189. The summed E-state index contributed by atoms with van der Waals surface area (Å²) in [5.41, 5.74) is 1.14. The third-order valence-electron chi connectivity index (χ3n) is 3.40. The molecule has 4 heteroatoms. The van der Waals surface area contributed by atoms with Crippen molar-refractivity contribution in [1.29, 1.82) is 0 Å². The molecule has 1 aromatic carbocycles. The number of amides is 1. The zero-order valence-electron chi connectivity index (χ0n) is 10.7. The van der Waals surface area contributed by atoms with Gasteiger partial charge >= 0.3 is 0 Å². The maximum Gasteiger partial charge on any atom is 0.228 e. The van der Waals surface area contributed by atoms with Crippen molar-refractivity contribution in [1.82, 2.24) is 4.90 Å². The number of halogens is 1. The fraction of sp³-hybridized carbons (Fsp3) is 0.500. The fourth-order valence-corrected chi connectivity index (χ4v) is 2.55. The fourth-order valence-electron chi connectivity index (χ4n) is 2.28. The Morgan fingerprint density at radius 3 is 2.67 bits per heavy atom. The van der Waals surface area contributed by atoms with Crippen LogP contribution in [0.2, 0.25) is 0 Å². The van der Waals surface area contributed by atoms with Gasteiger partial charge < -0.3 is 9.64 Å². The molecule has 1 aliphatic rings. The molecular formula is C14H18BrNO2. The molecule has 0 spiro atoms. The van der Waals surface area contributed by atoms with E-state index in [1.807, 2.05) is 38.2 Å². The van der Waals surface area contributed by atoms with E-state index in [-0.39, 0.29) is 17.9 Å². The summed E-state index contributed by atoms with van der Waals surface area (Å²) in [6.45, 7) is 3.32. The minimum Gasteiger partial charge on any atom is -0.378 e. The Hall–Kier alpha value is -0.870. The number of ether oxygens (including phenoxy) is 1. The van der Waals surface area contributed by atoms with E-state index in [2.05, 4.69) is 15.9 Å². The minimum atomic E-state index is 0.0189. The second-order valence-electron chi connectivity index (χ2n) is 4.79. The van der Waals surface area contributed by atoms with Crippen molar-refractivity contribution in [2.24, 2.45) is 5.92 Å². The molecule has 0 N–H and O–H groups in total. The number of benzene rings is 1. The van der Waals surface area contributed by atoms with E-state index >= 15 is 0 Å². The average molecular weight is 312 g/mol. The molecule has 18 heavy (non-hydrogen) atoms. The van der Waals surface area contributed by atoms with Crippen molar-refractivity contribution in [3.05, 3.63) is 34.3 Å². The predicted octanol–water partition coefficient (Wildman–Crippen LogP) is 2.83. The van der Waals surface area contributed by atoms with Gasteiger partial charge in [-0.1, -0.05) is 28.1 Å². The standard InChI is InChI=1S/C14H18BrNO2/c1-10-13(7-8-18-10)14(17)16(2)9-11-3-5-12(15)6-4-11/h3-6,10,13H,7-9H2,1-2H3. The Balaban J connectivity index is 1.97. The third kappa shape index (κ3) is 3.12. The van der Waals surface area contributed by atoms with Crippen LogP contribution in [0.1, 0.15) is 18.9 Å². The molecule has 0 radical (unpaired) electrons. The first-order chi connectivity index (χ1) is 8.58. The summed E-state index contributed by atoms with van der Waals surface area (Å²) in [4.78, 5) is 14.1. The summed E-state index contributed by atoms with van der Waals surface area (Å²) in [7, 11) is 1.86. The van der Waals surface area contributed by atoms with Crippen LogP contribution in [0.15, 0.2) is 28.7 Å². The molecule has 2 unspecified atom stereocenters. The molecule has 0 aliphatic carbocycles. The van der Waals surface area contributed by atoms with Gasteiger partial charge in [0.15, 0.2) is 0 Å². The van der Waals surface area contributed by atoms with Gasteiger partial charge in [0.1, 0.15) is 0 Å². The van der Waals surface area contributed by atoms with Crippen LogP contribution >= 0.6 is 15.9 Å². The predicted molar refractivity (Wildman–Crippen MR) is 74.1 cm³/mol. The molecule has 1 aromatic rings. The average Bonchev–Trinajstić information content (AvgIpc) is 2.77. The van der Waals surface area contributed by atoms with Gasteiger partial charge in [0, 0.05) is 24.7 Å². The molecule has 0 bridgehead atoms. The van der Waals surface area contributed by atoms with Crippen LogP contribution in [0.5, 0.6) is 0 Å². The maximum atomic E-state index is 12.3. The smallest absolute Gasteiger partial charge is 0.228 e. The second kappa shape index (κ2) is 5.85. The van der Waals surface area contributed by atoms with E-state index in [9.17, 15) is 4.79 Å². The molecule has 1 heterocycles. The first kappa shape index (κ1) is 13.6. The van der Waals surface area contributed by atoms with E-state index in [0.717, 1.165) is 16.5 Å². The molecule has 0 aromatic heterocycles. The lowest BCUT2D eigenvalue weighted by atomic mass is 10.0. The van der Waals surface area contributed by atoms with Crippen LogP contribution in [0, 0.1) is 5.92 Å². The molecule has 1 amide bonds. The van der Waals surface area contributed by atoms with Gasteiger partial charge in [0.25, 0.3) is 0 Å². The molecule has 2 atom stereocenters. The van der Waals surface area contributed by atoms with Gasteiger partial charge in [-0.2, -0.15) is 0 Å². The summed E-state index contributed by atoms with van der Waals surface area (Å²) < 4.78 is 6.50. The zero-order valence-corrected chi connectivity index (χ0v) is 12.3. The molecule has 98 valence electrons. The van der Waals surface area contributed by atoms with Gasteiger partial charge in [-0.3, -0.25) is 4.79 Å². The lowest BCUT2D eigenvalue weighted by Crippen LogP contribution is -2.35. The van der Waals surface area contributed by atoms with Gasteiger partial charge in [0.05, 0.1) is 12.0 Å². The number of hydrogen-bond acceptors (Lipinski definition) is 2. The summed E-state index contributed by atoms with van der Waals surface area (Å²) in [5, 5.41) is 0. The van der Waals surface area contributed by atoms with Gasteiger partial charge in [0.2, 0.25) is 5.91 Å². The quantitative estimate of drug-likeness (QED) is 0.859. The molecule has 1 aliphatic heterocycles. The Morgan fingerprint density at radius 2 is 2.11 bits per heavy atom. The lowest BCUT2D eigenvalue weighted by molar-refractivity contribution is -0.136. The Labute approximate surface area is 116 Å². The molecule has 2 rings (SSSR count). The van der Waals surface area contributed by atoms with Crippen LogP contribution in [0.3, 0.4) is 0 Å². The van der Waals surface area contributed by atoms with Crippen molar-refractivity contribution < 1.29 is 9.53 Å². The van der Waals surface area contributed by atoms with Crippen LogP contribution in [-0.4, -0.2) is 30.6 Å². The molecular weight excluding hydrogens is 294 g/mol. The molecule has 1 fully saturated rings. The highest BCUT2D eigenvalue weighted by Crippen LogP contribution is 2.23. The van der Waals surface area contributed by atoms with Crippen molar-refractivity contribution in [2.75, 3.05) is 13.7 Å². The Bertz CT molecular complexity index is 418. The Morgan fingerprint density at radius 1 is 1.44 bits per heavy atom. The van der Waals surface area contributed by atoms with Gasteiger partial charge in [-0.15, -0.1) is 0 Å². The van der Waals surface area contributed by atoms with Crippen molar-refractivity contribution >= 4 is 21.8 Å². The van der Waals surface area contributed by atoms with Crippen LogP contribution in [0.4, 0.5) is 0 Å². The van der Waals surface area contributed by atoms with Crippen LogP contribution in [-0.2, 0) is 16.1 Å². The third-order valence-corrected chi connectivity index (χ3v) is 3.93. The molecule has 0 saturated carbocycles. The summed E-state index contributed by atoms with van der Waals surface area (Å²) in [6.07, 6.45) is 0.884. The number of carbonyl (C=O) groups excluding carboxylic acids is 1. The SMILES string of the molecule is CC1OCCC1C(=O)N(C)Cc1ccc(Br)cc1. The summed E-state index contributed by atoms with van der Waals surface area (Å²) in [6, 6.07) is 8.05. The summed E-state index contributed by atoms with van der Waals surface area (Å²) >= 11 is 3.41. The highest BCUT2D eigenvalue weighted by molar-refractivity contribution is 9.10. The zero-order chi connectivity index (χ0) is 13.1.